The summed E-state index contributed by atoms with van der Waals surface area (Å²) in [5.74, 6) is -0.849. The molecule has 0 saturated heterocycles. The quantitative estimate of drug-likeness (QED) is 0.726. The number of thiophene rings is 1. The zero-order valence-corrected chi connectivity index (χ0v) is 10.4. The van der Waals surface area contributed by atoms with Crippen LogP contribution >= 0.6 is 11.3 Å². The Balaban J connectivity index is 2.18. The first-order valence-electron chi connectivity index (χ1n) is 5.36. The number of carbonyl (C=O) groups is 2. The molecule has 1 unspecified atom stereocenters. The molecule has 1 aromatic heterocycles. The van der Waals surface area contributed by atoms with E-state index in [2.05, 4.69) is 10.6 Å². The number of urea groups is 1. The van der Waals surface area contributed by atoms with Gasteiger partial charge in [-0.25, -0.2) is 4.79 Å². The smallest absolute Gasteiger partial charge is 0.315 e. The summed E-state index contributed by atoms with van der Waals surface area (Å²) in [4.78, 5) is 22.9. The Morgan fingerprint density at radius 3 is 2.88 bits per heavy atom. The number of amides is 2. The van der Waals surface area contributed by atoms with E-state index in [0.29, 0.717) is 13.0 Å². The van der Waals surface area contributed by atoms with Crippen LogP contribution < -0.4 is 10.6 Å². The first-order valence-corrected chi connectivity index (χ1v) is 6.24. The molecule has 0 radical (unpaired) electrons. The molecular weight excluding hydrogens is 240 g/mol. The predicted octanol–water partition coefficient (Wildman–Crippen LogP) is 1.80. The van der Waals surface area contributed by atoms with Gasteiger partial charge >= 0.3 is 12.0 Å². The van der Waals surface area contributed by atoms with E-state index >= 15 is 0 Å². The molecule has 0 aliphatic carbocycles. The summed E-state index contributed by atoms with van der Waals surface area (Å²) < 4.78 is 0. The normalized spacial score (nSPS) is 11.8. The highest BCUT2D eigenvalue weighted by Gasteiger charge is 2.08. The molecule has 3 N–H and O–H groups in total. The highest BCUT2D eigenvalue weighted by molar-refractivity contribution is 7.09. The Kier molecular flexibility index (Phi) is 5.48. The van der Waals surface area contributed by atoms with Gasteiger partial charge in [-0.2, -0.15) is 0 Å². The number of nitrogens with one attached hydrogen (secondary N) is 2. The van der Waals surface area contributed by atoms with Gasteiger partial charge in [0.25, 0.3) is 0 Å². The first-order chi connectivity index (χ1) is 8.08. The van der Waals surface area contributed by atoms with Gasteiger partial charge in [-0.1, -0.05) is 6.07 Å². The van der Waals surface area contributed by atoms with Crippen LogP contribution in [0.2, 0.25) is 0 Å². The topological polar surface area (TPSA) is 78.4 Å². The molecular formula is C11H16N2O3S. The molecule has 0 fully saturated rings. The second kappa shape index (κ2) is 6.90. The lowest BCUT2D eigenvalue weighted by Gasteiger charge is -2.13. The minimum atomic E-state index is -0.849. The number of carbonyl (C=O) groups excluding carboxylic acids is 1. The van der Waals surface area contributed by atoms with E-state index in [4.69, 9.17) is 5.11 Å². The van der Waals surface area contributed by atoms with Gasteiger partial charge in [0.1, 0.15) is 0 Å². The number of rotatable bonds is 6. The van der Waals surface area contributed by atoms with E-state index in [1.165, 1.54) is 0 Å². The van der Waals surface area contributed by atoms with E-state index in [9.17, 15) is 9.59 Å². The lowest BCUT2D eigenvalue weighted by Crippen LogP contribution is -2.40. The highest BCUT2D eigenvalue weighted by Crippen LogP contribution is 2.07. The Labute approximate surface area is 104 Å². The molecule has 0 aliphatic heterocycles. The van der Waals surface area contributed by atoms with Gasteiger partial charge in [0.2, 0.25) is 0 Å². The van der Waals surface area contributed by atoms with Gasteiger partial charge in [-0.3, -0.25) is 4.79 Å². The van der Waals surface area contributed by atoms with E-state index in [1.54, 1.807) is 18.3 Å². The summed E-state index contributed by atoms with van der Waals surface area (Å²) in [6.45, 7) is 2.28. The van der Waals surface area contributed by atoms with E-state index < -0.39 is 5.97 Å². The number of carboxylic acids is 1. The van der Waals surface area contributed by atoms with E-state index in [0.717, 1.165) is 4.88 Å². The third-order valence-corrected chi connectivity index (χ3v) is 3.05. The van der Waals surface area contributed by atoms with Crippen LogP contribution in [0.5, 0.6) is 0 Å². The first kappa shape index (κ1) is 13.5. The van der Waals surface area contributed by atoms with Gasteiger partial charge in [0.15, 0.2) is 0 Å². The zero-order valence-electron chi connectivity index (χ0n) is 9.60. The zero-order chi connectivity index (χ0) is 12.7. The molecule has 0 aromatic carbocycles. The minimum Gasteiger partial charge on any atom is -0.481 e. The Morgan fingerprint density at radius 1 is 1.53 bits per heavy atom. The average molecular weight is 256 g/mol. The third kappa shape index (κ3) is 5.91. The monoisotopic (exact) mass is 256 g/mol. The molecule has 1 heterocycles. The largest absolute Gasteiger partial charge is 0.481 e. The summed E-state index contributed by atoms with van der Waals surface area (Å²) in [5.41, 5.74) is 0. The van der Waals surface area contributed by atoms with Crippen molar-refractivity contribution in [2.75, 3.05) is 0 Å². The summed E-state index contributed by atoms with van der Waals surface area (Å²) in [6, 6.07) is 3.46. The van der Waals surface area contributed by atoms with Crippen molar-refractivity contribution in [2.24, 2.45) is 0 Å². The number of aliphatic carboxylic acids is 1. The van der Waals surface area contributed by atoms with Crippen LogP contribution in [0.3, 0.4) is 0 Å². The predicted molar refractivity (Wildman–Crippen MR) is 66.0 cm³/mol. The molecule has 2 amide bonds. The van der Waals surface area contributed by atoms with Gasteiger partial charge in [0, 0.05) is 17.3 Å². The average Bonchev–Trinajstić information content (AvgIpc) is 2.76. The fourth-order valence-electron chi connectivity index (χ4n) is 1.27. The Bertz CT molecular complexity index is 365. The van der Waals surface area contributed by atoms with Crippen molar-refractivity contribution < 1.29 is 14.7 Å². The molecule has 0 aliphatic rings. The fraction of sp³-hybridized carbons (Fsp3) is 0.455. The second-order valence-corrected chi connectivity index (χ2v) is 4.77. The van der Waals surface area contributed by atoms with Crippen molar-refractivity contribution in [3.8, 4) is 0 Å². The number of carboxylic acid groups (broad SMARTS) is 1. The maximum atomic E-state index is 11.4. The van der Waals surface area contributed by atoms with Crippen molar-refractivity contribution in [3.63, 3.8) is 0 Å². The summed E-state index contributed by atoms with van der Waals surface area (Å²) in [6.07, 6.45) is 0.494. The third-order valence-electron chi connectivity index (χ3n) is 2.17. The SMILES string of the molecule is CC(CCC(=O)O)NC(=O)NCc1cccs1. The van der Waals surface area contributed by atoms with Crippen LogP contribution in [0, 0.1) is 0 Å². The van der Waals surface area contributed by atoms with E-state index in [1.807, 2.05) is 17.5 Å². The van der Waals surface area contributed by atoms with Gasteiger partial charge in [-0.05, 0) is 24.8 Å². The molecule has 0 spiro atoms. The Morgan fingerprint density at radius 2 is 2.29 bits per heavy atom. The van der Waals surface area contributed by atoms with Crippen LogP contribution in [0.4, 0.5) is 4.79 Å². The molecule has 17 heavy (non-hydrogen) atoms. The van der Waals surface area contributed by atoms with Gasteiger partial charge < -0.3 is 15.7 Å². The highest BCUT2D eigenvalue weighted by atomic mass is 32.1. The molecule has 0 saturated carbocycles. The van der Waals surface area contributed by atoms with Gasteiger partial charge in [0.05, 0.1) is 6.54 Å². The number of hydrogen-bond donors (Lipinski definition) is 3. The van der Waals surface area contributed by atoms with Crippen molar-refractivity contribution >= 4 is 23.3 Å². The summed E-state index contributed by atoms with van der Waals surface area (Å²) >= 11 is 1.58. The molecule has 0 bridgehead atoms. The van der Waals surface area contributed by atoms with Crippen molar-refractivity contribution in [1.29, 1.82) is 0 Å². The molecule has 1 rings (SSSR count). The van der Waals surface area contributed by atoms with E-state index in [-0.39, 0.29) is 18.5 Å². The minimum absolute atomic E-state index is 0.0619. The number of hydrogen-bond acceptors (Lipinski definition) is 3. The van der Waals surface area contributed by atoms with Crippen molar-refractivity contribution in [1.82, 2.24) is 10.6 Å². The molecule has 94 valence electrons. The lowest BCUT2D eigenvalue weighted by molar-refractivity contribution is -0.137. The fourth-order valence-corrected chi connectivity index (χ4v) is 1.91. The van der Waals surface area contributed by atoms with Crippen molar-refractivity contribution in [2.45, 2.75) is 32.4 Å². The maximum Gasteiger partial charge on any atom is 0.315 e. The maximum absolute atomic E-state index is 11.4. The summed E-state index contributed by atoms with van der Waals surface area (Å²) in [5, 5.41) is 15.9. The van der Waals surface area contributed by atoms with Crippen LogP contribution in [0.1, 0.15) is 24.6 Å². The molecule has 5 nitrogen and oxygen atoms in total. The standard InChI is InChI=1S/C11H16N2O3S/c1-8(4-5-10(14)15)13-11(16)12-7-9-3-2-6-17-9/h2-3,6,8H,4-5,7H2,1H3,(H,14,15)(H2,12,13,16). The molecule has 1 aromatic rings. The van der Waals surface area contributed by atoms with Crippen LogP contribution in [0.25, 0.3) is 0 Å². The molecule has 6 heteroatoms. The molecule has 1 atom stereocenters. The van der Waals surface area contributed by atoms with Crippen LogP contribution in [-0.2, 0) is 11.3 Å². The van der Waals surface area contributed by atoms with Crippen molar-refractivity contribution in [3.05, 3.63) is 22.4 Å². The lowest BCUT2D eigenvalue weighted by atomic mass is 10.2. The summed E-state index contributed by atoms with van der Waals surface area (Å²) in [7, 11) is 0. The van der Waals surface area contributed by atoms with Crippen LogP contribution in [-0.4, -0.2) is 23.1 Å². The Hall–Kier alpha value is -1.56. The van der Waals surface area contributed by atoms with Crippen LogP contribution in [0.15, 0.2) is 17.5 Å². The van der Waals surface area contributed by atoms with Gasteiger partial charge in [-0.15, -0.1) is 11.3 Å². The second-order valence-electron chi connectivity index (χ2n) is 3.74.